The van der Waals surface area contributed by atoms with Crippen LogP contribution in [0.25, 0.3) is 0 Å². The monoisotopic (exact) mass is 318 g/mol. The molecular formula is C12H9F3N2O3S. The first kappa shape index (κ1) is 15.2. The van der Waals surface area contributed by atoms with Gasteiger partial charge in [-0.3, -0.25) is 0 Å². The van der Waals surface area contributed by atoms with Crippen molar-refractivity contribution in [2.24, 2.45) is 0 Å². The van der Waals surface area contributed by atoms with Crippen LogP contribution in [0.15, 0.2) is 24.3 Å². The van der Waals surface area contributed by atoms with Gasteiger partial charge in [0.25, 0.3) is 5.19 Å². The summed E-state index contributed by atoms with van der Waals surface area (Å²) in [7, 11) is 0. The largest absolute Gasteiger partial charge is 0.461 e. The van der Waals surface area contributed by atoms with Crippen molar-refractivity contribution in [1.29, 1.82) is 0 Å². The average Bonchev–Trinajstić information content (AvgIpc) is 2.87. The Morgan fingerprint density at radius 1 is 1.33 bits per heavy atom. The molecule has 0 atom stereocenters. The molecular weight excluding hydrogens is 309 g/mol. The SMILES string of the molecule is CCOC(=O)c1nnc(Oc2cccc(C(F)(F)F)c2)s1. The maximum atomic E-state index is 12.6. The van der Waals surface area contributed by atoms with E-state index in [1.807, 2.05) is 0 Å². The Hall–Kier alpha value is -2.16. The zero-order chi connectivity index (χ0) is 15.5. The molecule has 0 fully saturated rings. The molecule has 0 radical (unpaired) electrons. The normalized spacial score (nSPS) is 11.2. The molecule has 1 aromatic carbocycles. The summed E-state index contributed by atoms with van der Waals surface area (Å²) in [5, 5.41) is 7.05. The molecule has 0 aliphatic rings. The molecule has 0 saturated carbocycles. The second-order valence-corrected chi connectivity index (χ2v) is 4.66. The highest BCUT2D eigenvalue weighted by atomic mass is 32.1. The summed E-state index contributed by atoms with van der Waals surface area (Å²) in [5.74, 6) is -0.703. The number of hydrogen-bond acceptors (Lipinski definition) is 6. The van der Waals surface area contributed by atoms with E-state index < -0.39 is 17.7 Å². The summed E-state index contributed by atoms with van der Waals surface area (Å²) in [6.07, 6.45) is -4.46. The van der Waals surface area contributed by atoms with Gasteiger partial charge in [-0.15, -0.1) is 5.10 Å². The number of hydrogen-bond donors (Lipinski definition) is 0. The molecule has 0 aliphatic heterocycles. The highest BCUT2D eigenvalue weighted by Crippen LogP contribution is 2.33. The van der Waals surface area contributed by atoms with Crippen molar-refractivity contribution in [2.45, 2.75) is 13.1 Å². The molecule has 2 aromatic rings. The Labute approximate surface area is 121 Å². The first-order valence-corrected chi connectivity index (χ1v) is 6.57. The van der Waals surface area contributed by atoms with Crippen LogP contribution in [0.4, 0.5) is 13.2 Å². The van der Waals surface area contributed by atoms with Crippen LogP contribution in [0, 0.1) is 0 Å². The summed E-state index contributed by atoms with van der Waals surface area (Å²) in [6.45, 7) is 1.82. The molecule has 0 unspecified atom stereocenters. The third-order valence-corrected chi connectivity index (χ3v) is 3.00. The summed E-state index contributed by atoms with van der Waals surface area (Å²) in [6, 6.07) is 4.33. The van der Waals surface area contributed by atoms with E-state index in [2.05, 4.69) is 10.2 Å². The lowest BCUT2D eigenvalue weighted by molar-refractivity contribution is -0.137. The van der Waals surface area contributed by atoms with E-state index in [1.54, 1.807) is 6.92 Å². The quantitative estimate of drug-likeness (QED) is 0.807. The van der Waals surface area contributed by atoms with Gasteiger partial charge in [0.1, 0.15) is 5.75 Å². The zero-order valence-corrected chi connectivity index (χ0v) is 11.5. The minimum absolute atomic E-state index is 0.0289. The maximum absolute atomic E-state index is 12.6. The summed E-state index contributed by atoms with van der Waals surface area (Å²) in [5.41, 5.74) is -0.838. The zero-order valence-electron chi connectivity index (χ0n) is 10.7. The summed E-state index contributed by atoms with van der Waals surface area (Å²) >= 11 is 0.789. The van der Waals surface area contributed by atoms with Gasteiger partial charge in [0.2, 0.25) is 5.01 Å². The second kappa shape index (κ2) is 6.08. The number of ether oxygens (including phenoxy) is 2. The van der Waals surface area contributed by atoms with E-state index in [9.17, 15) is 18.0 Å². The van der Waals surface area contributed by atoms with Gasteiger partial charge in [0.15, 0.2) is 0 Å². The van der Waals surface area contributed by atoms with Gasteiger partial charge in [0.05, 0.1) is 12.2 Å². The molecule has 9 heteroatoms. The van der Waals surface area contributed by atoms with E-state index in [4.69, 9.17) is 9.47 Å². The number of esters is 1. The number of aromatic nitrogens is 2. The standard InChI is InChI=1S/C12H9F3N2O3S/c1-2-19-10(18)9-16-17-11(21-9)20-8-5-3-4-7(6-8)12(13,14)15/h3-6H,2H2,1H3. The van der Waals surface area contributed by atoms with Crippen LogP contribution >= 0.6 is 11.3 Å². The van der Waals surface area contributed by atoms with Crippen molar-refractivity contribution in [3.05, 3.63) is 34.8 Å². The fourth-order valence-corrected chi connectivity index (χ4v) is 1.97. The van der Waals surface area contributed by atoms with Gasteiger partial charge in [-0.2, -0.15) is 13.2 Å². The fraction of sp³-hybridized carbons (Fsp3) is 0.250. The predicted octanol–water partition coefficient (Wildman–Crippen LogP) is 3.53. The van der Waals surface area contributed by atoms with Crippen molar-refractivity contribution >= 4 is 17.3 Å². The Morgan fingerprint density at radius 2 is 2.10 bits per heavy atom. The minimum atomic E-state index is -4.46. The minimum Gasteiger partial charge on any atom is -0.461 e. The van der Waals surface area contributed by atoms with Crippen molar-refractivity contribution in [3.8, 4) is 10.9 Å². The summed E-state index contributed by atoms with van der Waals surface area (Å²) in [4.78, 5) is 11.4. The number of benzene rings is 1. The number of alkyl halides is 3. The van der Waals surface area contributed by atoms with Gasteiger partial charge < -0.3 is 9.47 Å². The third-order valence-electron chi connectivity index (χ3n) is 2.22. The average molecular weight is 318 g/mol. The third kappa shape index (κ3) is 3.91. The van der Waals surface area contributed by atoms with E-state index >= 15 is 0 Å². The number of halogens is 3. The van der Waals surface area contributed by atoms with E-state index in [0.717, 1.165) is 23.5 Å². The highest BCUT2D eigenvalue weighted by Gasteiger charge is 2.30. The molecule has 5 nitrogen and oxygen atoms in total. The Kier molecular flexibility index (Phi) is 4.41. The highest BCUT2D eigenvalue weighted by molar-refractivity contribution is 7.14. The molecule has 21 heavy (non-hydrogen) atoms. The van der Waals surface area contributed by atoms with Crippen molar-refractivity contribution in [1.82, 2.24) is 10.2 Å². The Balaban J connectivity index is 2.14. The molecule has 0 amide bonds. The molecule has 1 aromatic heterocycles. The Morgan fingerprint density at radius 3 is 2.76 bits per heavy atom. The first-order chi connectivity index (χ1) is 9.90. The van der Waals surface area contributed by atoms with Crippen molar-refractivity contribution in [3.63, 3.8) is 0 Å². The smallest absolute Gasteiger partial charge is 0.416 e. The molecule has 1 heterocycles. The second-order valence-electron chi connectivity index (χ2n) is 3.72. The van der Waals surface area contributed by atoms with Crippen LogP contribution in [0.1, 0.15) is 22.3 Å². The van der Waals surface area contributed by atoms with E-state index in [1.165, 1.54) is 12.1 Å². The van der Waals surface area contributed by atoms with Crippen LogP contribution < -0.4 is 4.74 Å². The molecule has 0 N–H and O–H groups in total. The van der Waals surface area contributed by atoms with Crippen LogP contribution in [0.3, 0.4) is 0 Å². The first-order valence-electron chi connectivity index (χ1n) is 5.76. The van der Waals surface area contributed by atoms with Gasteiger partial charge in [-0.05, 0) is 36.5 Å². The van der Waals surface area contributed by atoms with Crippen molar-refractivity contribution in [2.75, 3.05) is 6.61 Å². The topological polar surface area (TPSA) is 61.3 Å². The molecule has 112 valence electrons. The van der Waals surface area contributed by atoms with Gasteiger partial charge >= 0.3 is 12.1 Å². The van der Waals surface area contributed by atoms with Crippen LogP contribution in [-0.2, 0) is 10.9 Å². The van der Waals surface area contributed by atoms with Gasteiger partial charge in [0, 0.05) is 0 Å². The molecule has 0 saturated heterocycles. The van der Waals surface area contributed by atoms with Crippen LogP contribution in [0.5, 0.6) is 10.9 Å². The fourth-order valence-electron chi connectivity index (χ4n) is 1.36. The van der Waals surface area contributed by atoms with E-state index in [0.29, 0.717) is 0 Å². The lowest BCUT2D eigenvalue weighted by Gasteiger charge is -2.07. The Bertz CT molecular complexity index is 643. The van der Waals surface area contributed by atoms with Crippen LogP contribution in [0.2, 0.25) is 0 Å². The molecule has 0 bridgehead atoms. The van der Waals surface area contributed by atoms with Gasteiger partial charge in [-0.25, -0.2) is 4.79 Å². The molecule has 0 aliphatic carbocycles. The lowest BCUT2D eigenvalue weighted by atomic mass is 10.2. The predicted molar refractivity (Wildman–Crippen MR) is 67.4 cm³/mol. The number of carbonyl (C=O) groups excluding carboxylic acids is 1. The number of nitrogens with zero attached hydrogens (tertiary/aromatic N) is 2. The number of carbonyl (C=O) groups is 1. The molecule has 0 spiro atoms. The van der Waals surface area contributed by atoms with Gasteiger partial charge in [-0.1, -0.05) is 11.2 Å². The lowest BCUT2D eigenvalue weighted by Crippen LogP contribution is -2.04. The summed E-state index contributed by atoms with van der Waals surface area (Å²) < 4.78 is 47.6. The van der Waals surface area contributed by atoms with Crippen LogP contribution in [-0.4, -0.2) is 22.8 Å². The van der Waals surface area contributed by atoms with E-state index in [-0.39, 0.29) is 22.6 Å². The maximum Gasteiger partial charge on any atom is 0.416 e. The molecule has 2 rings (SSSR count). The number of rotatable bonds is 4. The van der Waals surface area contributed by atoms with Crippen molar-refractivity contribution < 1.29 is 27.4 Å².